The summed E-state index contributed by atoms with van der Waals surface area (Å²) in [4.78, 5) is 15.0. The van der Waals surface area contributed by atoms with Gasteiger partial charge < -0.3 is 9.30 Å². The molecule has 1 aromatic rings. The van der Waals surface area contributed by atoms with Crippen LogP contribution in [0.4, 0.5) is 0 Å². The number of carbonyl (C=O) groups excluding carboxylic acids is 1. The van der Waals surface area contributed by atoms with Crippen LogP contribution >= 0.6 is 0 Å². The number of nitriles is 1. The fourth-order valence-electron chi connectivity index (χ4n) is 1.11. The summed E-state index contributed by atoms with van der Waals surface area (Å²) >= 11 is 0. The molecule has 0 bridgehead atoms. The van der Waals surface area contributed by atoms with E-state index in [-0.39, 0.29) is 19.0 Å². The van der Waals surface area contributed by atoms with Crippen molar-refractivity contribution < 1.29 is 9.53 Å². The Morgan fingerprint density at radius 1 is 1.60 bits per heavy atom. The smallest absolute Gasteiger partial charge is 0.305 e. The minimum Gasteiger partial charge on any atom is -0.465 e. The number of hydrogen-bond acceptors (Lipinski definition) is 4. The summed E-state index contributed by atoms with van der Waals surface area (Å²) in [5, 5.41) is 8.23. The third-order valence-electron chi connectivity index (χ3n) is 1.83. The molecule has 5 heteroatoms. The summed E-state index contributed by atoms with van der Waals surface area (Å²) in [7, 11) is 0. The maximum absolute atomic E-state index is 11.1. The largest absolute Gasteiger partial charge is 0.465 e. The molecule has 0 N–H and O–H groups in total. The van der Waals surface area contributed by atoms with Crippen LogP contribution in [-0.4, -0.2) is 22.1 Å². The van der Waals surface area contributed by atoms with Gasteiger partial charge in [0, 0.05) is 25.4 Å². The second kappa shape index (κ2) is 6.60. The predicted molar refractivity (Wildman–Crippen MR) is 52.7 cm³/mol. The van der Waals surface area contributed by atoms with Crippen molar-refractivity contribution in [3.8, 4) is 6.07 Å². The Hall–Kier alpha value is -1.83. The van der Waals surface area contributed by atoms with Gasteiger partial charge in [0.1, 0.15) is 6.61 Å². The van der Waals surface area contributed by atoms with Gasteiger partial charge in [-0.1, -0.05) is 0 Å². The van der Waals surface area contributed by atoms with Gasteiger partial charge in [-0.3, -0.25) is 4.79 Å². The van der Waals surface area contributed by atoms with Crippen LogP contribution in [0.3, 0.4) is 0 Å². The van der Waals surface area contributed by atoms with Crippen LogP contribution in [0, 0.1) is 11.3 Å². The van der Waals surface area contributed by atoms with E-state index in [9.17, 15) is 4.79 Å². The summed E-state index contributed by atoms with van der Waals surface area (Å²) in [6.07, 6.45) is 6.62. The molecule has 0 fully saturated rings. The molecular formula is C10H13N3O2. The first-order valence-corrected chi connectivity index (χ1v) is 4.81. The van der Waals surface area contributed by atoms with Gasteiger partial charge in [-0.25, -0.2) is 4.98 Å². The Morgan fingerprint density at radius 2 is 2.47 bits per heavy atom. The number of nitrogens with zero attached hydrogens (tertiary/aromatic N) is 3. The Kier molecular flexibility index (Phi) is 4.95. The summed E-state index contributed by atoms with van der Waals surface area (Å²) in [6, 6.07) is 1.91. The van der Waals surface area contributed by atoms with E-state index in [0.717, 1.165) is 13.0 Å². The summed E-state index contributed by atoms with van der Waals surface area (Å²) in [5.74, 6) is -0.245. The number of ether oxygens (including phenoxy) is 1. The molecule has 15 heavy (non-hydrogen) atoms. The van der Waals surface area contributed by atoms with Gasteiger partial charge in [-0.15, -0.1) is 0 Å². The molecule has 0 aliphatic carbocycles. The van der Waals surface area contributed by atoms with Crippen molar-refractivity contribution in [2.24, 2.45) is 0 Å². The van der Waals surface area contributed by atoms with E-state index in [4.69, 9.17) is 10.00 Å². The maximum Gasteiger partial charge on any atom is 0.305 e. The van der Waals surface area contributed by atoms with Crippen LogP contribution < -0.4 is 0 Å². The number of aromatic nitrogens is 2. The molecule has 0 saturated carbocycles. The third kappa shape index (κ3) is 4.81. The summed E-state index contributed by atoms with van der Waals surface area (Å²) in [5.41, 5.74) is 0. The number of hydrogen-bond donors (Lipinski definition) is 0. The zero-order valence-electron chi connectivity index (χ0n) is 8.43. The van der Waals surface area contributed by atoms with Gasteiger partial charge in [-0.2, -0.15) is 5.26 Å². The second-order valence-electron chi connectivity index (χ2n) is 3.03. The van der Waals surface area contributed by atoms with Gasteiger partial charge in [0.15, 0.2) is 0 Å². The van der Waals surface area contributed by atoms with Crippen molar-refractivity contribution in [2.45, 2.75) is 25.8 Å². The van der Waals surface area contributed by atoms with Crippen molar-refractivity contribution in [3.63, 3.8) is 0 Å². The highest BCUT2D eigenvalue weighted by atomic mass is 16.5. The Morgan fingerprint density at radius 3 is 3.13 bits per heavy atom. The lowest BCUT2D eigenvalue weighted by molar-refractivity contribution is -0.143. The first kappa shape index (κ1) is 11.2. The van der Waals surface area contributed by atoms with Crippen molar-refractivity contribution in [1.82, 2.24) is 9.55 Å². The predicted octanol–water partition coefficient (Wildman–Crippen LogP) is 1.12. The van der Waals surface area contributed by atoms with Gasteiger partial charge >= 0.3 is 5.97 Å². The fraction of sp³-hybridized carbons (Fsp3) is 0.500. The van der Waals surface area contributed by atoms with E-state index in [0.29, 0.717) is 6.42 Å². The van der Waals surface area contributed by atoms with E-state index in [1.54, 1.807) is 12.5 Å². The van der Waals surface area contributed by atoms with Gasteiger partial charge in [0.2, 0.25) is 0 Å². The number of rotatable bonds is 6. The molecule has 5 nitrogen and oxygen atoms in total. The molecule has 0 radical (unpaired) electrons. The molecule has 0 unspecified atom stereocenters. The normalized spacial score (nSPS) is 9.53. The summed E-state index contributed by atoms with van der Waals surface area (Å²) in [6.45, 7) is 0.952. The van der Waals surface area contributed by atoms with Crippen molar-refractivity contribution >= 4 is 5.97 Å². The first-order valence-electron chi connectivity index (χ1n) is 4.81. The summed E-state index contributed by atoms with van der Waals surface area (Å²) < 4.78 is 6.72. The van der Waals surface area contributed by atoms with E-state index in [2.05, 4.69) is 4.98 Å². The lowest BCUT2D eigenvalue weighted by Gasteiger charge is -2.02. The molecule has 1 aromatic heterocycles. The lowest BCUT2D eigenvalue weighted by atomic mass is 10.3. The molecule has 0 saturated heterocycles. The van der Waals surface area contributed by atoms with E-state index >= 15 is 0 Å². The van der Waals surface area contributed by atoms with Crippen LogP contribution in [0.25, 0.3) is 0 Å². The number of esters is 1. The molecule has 0 atom stereocenters. The zero-order chi connectivity index (χ0) is 10.9. The van der Waals surface area contributed by atoms with Crippen LogP contribution in [0.1, 0.15) is 19.3 Å². The molecule has 1 heterocycles. The minimum absolute atomic E-state index is 0.195. The second-order valence-corrected chi connectivity index (χ2v) is 3.03. The zero-order valence-corrected chi connectivity index (χ0v) is 8.43. The van der Waals surface area contributed by atoms with Gasteiger partial charge in [0.05, 0.1) is 18.8 Å². The highest BCUT2D eigenvalue weighted by Gasteiger charge is 2.01. The fourth-order valence-corrected chi connectivity index (χ4v) is 1.11. The molecule has 1 rings (SSSR count). The maximum atomic E-state index is 11.1. The highest BCUT2D eigenvalue weighted by molar-refractivity contribution is 5.69. The third-order valence-corrected chi connectivity index (χ3v) is 1.83. The Labute approximate surface area is 88.3 Å². The monoisotopic (exact) mass is 207 g/mol. The van der Waals surface area contributed by atoms with Gasteiger partial charge in [-0.05, 0) is 6.42 Å². The van der Waals surface area contributed by atoms with Crippen LogP contribution in [0.15, 0.2) is 18.7 Å². The van der Waals surface area contributed by atoms with Gasteiger partial charge in [0.25, 0.3) is 0 Å². The quantitative estimate of drug-likeness (QED) is 0.517. The topological polar surface area (TPSA) is 67.9 Å². The minimum atomic E-state index is -0.245. The SMILES string of the molecule is N#CCCOC(=O)CCCn1ccnc1. The average molecular weight is 207 g/mol. The first-order chi connectivity index (χ1) is 7.33. The van der Waals surface area contributed by atoms with Crippen molar-refractivity contribution in [3.05, 3.63) is 18.7 Å². The Balaban J connectivity index is 2.05. The number of imidazole rings is 1. The van der Waals surface area contributed by atoms with E-state index in [1.807, 2.05) is 16.8 Å². The number of aryl methyl sites for hydroxylation is 1. The van der Waals surface area contributed by atoms with Crippen molar-refractivity contribution in [1.29, 1.82) is 5.26 Å². The van der Waals surface area contributed by atoms with E-state index in [1.165, 1.54) is 0 Å². The van der Waals surface area contributed by atoms with Crippen LogP contribution in [0.2, 0.25) is 0 Å². The standard InChI is InChI=1S/C10H13N3O2/c11-4-2-8-15-10(14)3-1-6-13-7-5-12-9-13/h5,7,9H,1-3,6,8H2. The molecule has 0 aromatic carbocycles. The van der Waals surface area contributed by atoms with Crippen molar-refractivity contribution in [2.75, 3.05) is 6.61 Å². The lowest BCUT2D eigenvalue weighted by Crippen LogP contribution is -2.06. The molecule has 0 aliphatic heterocycles. The Bertz CT molecular complexity index is 327. The molecule has 0 amide bonds. The van der Waals surface area contributed by atoms with Crippen LogP contribution in [-0.2, 0) is 16.1 Å². The van der Waals surface area contributed by atoms with E-state index < -0.39 is 0 Å². The molecular weight excluding hydrogens is 194 g/mol. The van der Waals surface area contributed by atoms with Crippen LogP contribution in [0.5, 0.6) is 0 Å². The average Bonchev–Trinajstić information content (AvgIpc) is 2.71. The molecule has 80 valence electrons. The number of carbonyl (C=O) groups is 1. The molecule has 0 spiro atoms. The molecule has 0 aliphatic rings. The highest BCUT2D eigenvalue weighted by Crippen LogP contribution is 1.97.